The molecular weight excluding hydrogens is 242 g/mol. The van der Waals surface area contributed by atoms with Gasteiger partial charge in [-0.25, -0.2) is 4.98 Å². The van der Waals surface area contributed by atoms with Crippen molar-refractivity contribution in [1.29, 1.82) is 0 Å². The van der Waals surface area contributed by atoms with Crippen molar-refractivity contribution in [3.63, 3.8) is 0 Å². The first-order chi connectivity index (χ1) is 9.92. The number of pyridine rings is 1. The molecule has 0 N–H and O–H groups in total. The molecule has 2 rings (SSSR count). The number of fused-ring (bicyclic) bond motifs is 1. The van der Waals surface area contributed by atoms with Crippen molar-refractivity contribution in [2.75, 3.05) is 0 Å². The predicted octanol–water partition coefficient (Wildman–Crippen LogP) is 5.72. The van der Waals surface area contributed by atoms with E-state index in [0.29, 0.717) is 0 Å². The van der Waals surface area contributed by atoms with E-state index in [-0.39, 0.29) is 0 Å². The second-order valence-electron chi connectivity index (χ2n) is 5.65. The van der Waals surface area contributed by atoms with Gasteiger partial charge in [0.05, 0.1) is 11.7 Å². The minimum absolute atomic E-state index is 1.14. The summed E-state index contributed by atoms with van der Waals surface area (Å²) in [5.74, 6) is 0. The Morgan fingerprint density at radius 2 is 1.65 bits per heavy atom. The molecule has 0 unspecified atom stereocenters. The van der Waals surface area contributed by atoms with Crippen molar-refractivity contribution in [2.45, 2.75) is 64.7 Å². The van der Waals surface area contributed by atoms with Crippen LogP contribution in [0.1, 0.15) is 63.9 Å². The fourth-order valence-corrected chi connectivity index (χ4v) is 2.76. The average Bonchev–Trinajstić information content (AvgIpc) is 2.50. The zero-order valence-electron chi connectivity index (χ0n) is 12.7. The van der Waals surface area contributed by atoms with E-state index in [1.807, 2.05) is 6.07 Å². The topological polar surface area (TPSA) is 12.9 Å². The van der Waals surface area contributed by atoms with Gasteiger partial charge in [-0.2, -0.15) is 0 Å². The summed E-state index contributed by atoms with van der Waals surface area (Å²) in [6.07, 6.45) is 15.1. The predicted molar refractivity (Wildman–Crippen MR) is 86.9 cm³/mol. The van der Waals surface area contributed by atoms with Gasteiger partial charge in [-0.05, 0) is 24.5 Å². The molecule has 0 atom stereocenters. The number of unbranched alkanes of at least 4 members (excludes halogenated alkanes) is 7. The summed E-state index contributed by atoms with van der Waals surface area (Å²) in [5, 5.41) is 1.24. The molecule has 20 heavy (non-hydrogen) atoms. The molecule has 1 aromatic heterocycles. The molecule has 0 saturated carbocycles. The Morgan fingerprint density at radius 3 is 2.45 bits per heavy atom. The number of para-hydroxylation sites is 1. The van der Waals surface area contributed by atoms with Crippen LogP contribution in [0.25, 0.3) is 10.9 Å². The minimum Gasteiger partial charge on any atom is -0.246 e. The van der Waals surface area contributed by atoms with Crippen LogP contribution in [0.4, 0.5) is 0 Å². The number of aromatic nitrogens is 1. The summed E-state index contributed by atoms with van der Waals surface area (Å²) in [4.78, 5) is 4.40. The van der Waals surface area contributed by atoms with E-state index in [4.69, 9.17) is 0 Å². The molecule has 0 spiro atoms. The van der Waals surface area contributed by atoms with E-state index in [2.05, 4.69) is 42.4 Å². The van der Waals surface area contributed by atoms with Gasteiger partial charge in [-0.1, -0.05) is 76.1 Å². The van der Waals surface area contributed by atoms with Crippen LogP contribution in [-0.4, -0.2) is 4.98 Å². The van der Waals surface area contributed by atoms with E-state index < -0.39 is 0 Å². The van der Waals surface area contributed by atoms with Gasteiger partial charge in [-0.3, -0.25) is 0 Å². The Kier molecular flexibility index (Phi) is 6.56. The van der Waals surface area contributed by atoms with Crippen molar-refractivity contribution in [3.8, 4) is 0 Å². The lowest BCUT2D eigenvalue weighted by Gasteiger charge is -2.05. The SMILES string of the molecule is CCCCCCCCCCc1cccc2cc[c]nc12. The van der Waals surface area contributed by atoms with Crippen LogP contribution < -0.4 is 0 Å². The lowest BCUT2D eigenvalue weighted by molar-refractivity contribution is 0.576. The molecular formula is C19H26N. The molecule has 1 nitrogen and oxygen atoms in total. The molecule has 1 radical (unpaired) electrons. The van der Waals surface area contributed by atoms with Crippen LogP contribution in [0.3, 0.4) is 0 Å². The second-order valence-corrected chi connectivity index (χ2v) is 5.65. The summed E-state index contributed by atoms with van der Waals surface area (Å²) in [7, 11) is 0. The van der Waals surface area contributed by atoms with Crippen molar-refractivity contribution in [3.05, 3.63) is 42.1 Å². The summed E-state index contributed by atoms with van der Waals surface area (Å²) >= 11 is 0. The maximum Gasteiger partial charge on any atom is 0.0894 e. The molecule has 0 aliphatic heterocycles. The molecule has 1 heteroatoms. The molecule has 1 aromatic carbocycles. The van der Waals surface area contributed by atoms with Gasteiger partial charge in [0.2, 0.25) is 0 Å². The van der Waals surface area contributed by atoms with Crippen molar-refractivity contribution < 1.29 is 0 Å². The minimum atomic E-state index is 1.14. The van der Waals surface area contributed by atoms with Gasteiger partial charge in [-0.15, -0.1) is 0 Å². The molecule has 1 heterocycles. The van der Waals surface area contributed by atoms with Gasteiger partial charge in [0.15, 0.2) is 0 Å². The van der Waals surface area contributed by atoms with Crippen LogP contribution >= 0.6 is 0 Å². The van der Waals surface area contributed by atoms with Crippen LogP contribution in [0, 0.1) is 6.20 Å². The molecule has 0 amide bonds. The largest absolute Gasteiger partial charge is 0.246 e. The number of hydrogen-bond donors (Lipinski definition) is 0. The highest BCUT2D eigenvalue weighted by Crippen LogP contribution is 2.18. The summed E-state index contributed by atoms with van der Waals surface area (Å²) in [6.45, 7) is 2.27. The normalized spacial score (nSPS) is 11.1. The molecule has 0 fully saturated rings. The van der Waals surface area contributed by atoms with Gasteiger partial charge >= 0.3 is 0 Å². The smallest absolute Gasteiger partial charge is 0.0894 e. The Morgan fingerprint density at radius 1 is 0.900 bits per heavy atom. The molecule has 0 saturated heterocycles. The third kappa shape index (κ3) is 4.63. The van der Waals surface area contributed by atoms with Crippen LogP contribution in [0.5, 0.6) is 0 Å². The number of rotatable bonds is 9. The third-order valence-electron chi connectivity index (χ3n) is 3.96. The Bertz CT molecular complexity index is 499. The van der Waals surface area contributed by atoms with Crippen molar-refractivity contribution in [1.82, 2.24) is 4.98 Å². The van der Waals surface area contributed by atoms with Crippen molar-refractivity contribution >= 4 is 10.9 Å². The number of aryl methyl sites for hydroxylation is 1. The Hall–Kier alpha value is -1.37. The fraction of sp³-hybridized carbons (Fsp3) is 0.526. The maximum atomic E-state index is 4.40. The lowest BCUT2D eigenvalue weighted by Crippen LogP contribution is -1.90. The molecule has 2 aromatic rings. The number of benzene rings is 1. The second kappa shape index (κ2) is 8.73. The van der Waals surface area contributed by atoms with E-state index in [1.54, 1.807) is 0 Å². The van der Waals surface area contributed by atoms with E-state index >= 15 is 0 Å². The molecule has 107 valence electrons. The fourth-order valence-electron chi connectivity index (χ4n) is 2.76. The van der Waals surface area contributed by atoms with Crippen LogP contribution in [0.2, 0.25) is 0 Å². The first-order valence-corrected chi connectivity index (χ1v) is 8.16. The quantitative estimate of drug-likeness (QED) is 0.530. The Labute approximate surface area is 123 Å². The van der Waals surface area contributed by atoms with Gasteiger partial charge < -0.3 is 0 Å². The zero-order valence-corrected chi connectivity index (χ0v) is 12.7. The lowest BCUT2D eigenvalue weighted by atomic mass is 10.0. The van der Waals surface area contributed by atoms with Gasteiger partial charge in [0, 0.05) is 5.39 Å². The molecule has 0 aliphatic carbocycles. The number of nitrogens with zero attached hydrogens (tertiary/aromatic N) is 1. The maximum absolute atomic E-state index is 4.40. The average molecular weight is 268 g/mol. The highest BCUT2D eigenvalue weighted by atomic mass is 14.6. The first-order valence-electron chi connectivity index (χ1n) is 8.16. The Balaban J connectivity index is 1.71. The molecule has 0 bridgehead atoms. The zero-order chi connectivity index (χ0) is 14.0. The summed E-state index contributed by atoms with van der Waals surface area (Å²) < 4.78 is 0. The van der Waals surface area contributed by atoms with Gasteiger partial charge in [0.25, 0.3) is 0 Å². The first kappa shape index (κ1) is 15.0. The summed E-state index contributed by atoms with van der Waals surface area (Å²) in [5.41, 5.74) is 2.52. The highest BCUT2D eigenvalue weighted by Gasteiger charge is 2.01. The highest BCUT2D eigenvalue weighted by molar-refractivity contribution is 5.81. The van der Waals surface area contributed by atoms with E-state index in [1.165, 1.54) is 62.3 Å². The van der Waals surface area contributed by atoms with Gasteiger partial charge in [0.1, 0.15) is 0 Å². The van der Waals surface area contributed by atoms with E-state index in [9.17, 15) is 0 Å². The van der Waals surface area contributed by atoms with Crippen LogP contribution in [0.15, 0.2) is 30.3 Å². The molecule has 0 aliphatic rings. The number of hydrogen-bond acceptors (Lipinski definition) is 1. The standard InChI is InChI=1S/C19H26N/c1-2-3-4-5-6-7-8-9-12-17-13-10-14-18-15-11-16-20-19(17)18/h10-11,13-15H,2-9,12H2,1H3. The third-order valence-corrected chi connectivity index (χ3v) is 3.96. The summed E-state index contributed by atoms with van der Waals surface area (Å²) in [6, 6.07) is 10.5. The van der Waals surface area contributed by atoms with E-state index in [0.717, 1.165) is 11.9 Å². The monoisotopic (exact) mass is 268 g/mol. The van der Waals surface area contributed by atoms with Crippen LogP contribution in [-0.2, 0) is 6.42 Å². The van der Waals surface area contributed by atoms with Crippen molar-refractivity contribution in [2.24, 2.45) is 0 Å².